The molecule has 9 rings (SSSR count). The zero-order valence-corrected chi connectivity index (χ0v) is 30.3. The quantitative estimate of drug-likeness (QED) is 0.103. The molecule has 236 valence electrons. The normalized spacial score (nSPS) is 13.3. The Morgan fingerprint density at radius 1 is 0.373 bits per heavy atom. The molecule has 0 N–H and O–H groups in total. The summed E-state index contributed by atoms with van der Waals surface area (Å²) in [5, 5.41) is 0. The van der Waals surface area contributed by atoms with E-state index >= 15 is 0 Å². The van der Waals surface area contributed by atoms with Gasteiger partial charge in [0.05, 0.1) is 22.8 Å². The third-order valence-electron chi connectivity index (χ3n) is 9.03. The molecule has 0 atom stereocenters. The monoisotopic (exact) mass is 706 g/mol. The number of fused-ring (bicyclic) bond motifs is 8. The van der Waals surface area contributed by atoms with Crippen molar-refractivity contribution in [2.75, 3.05) is 0 Å². The van der Waals surface area contributed by atoms with E-state index in [-0.39, 0.29) is 19.5 Å². The molecule has 2 aliphatic heterocycles. The molecule has 0 spiro atoms. The number of allylic oxidation sites excluding steroid dienone is 4. The molecule has 3 aliphatic rings. The Morgan fingerprint density at radius 3 is 1.10 bits per heavy atom. The van der Waals surface area contributed by atoms with E-state index in [2.05, 4.69) is 36.4 Å². The Hall–Kier alpha value is -6.30. The van der Waals surface area contributed by atoms with Gasteiger partial charge in [0.1, 0.15) is 0 Å². The number of ketones is 2. The summed E-state index contributed by atoms with van der Waals surface area (Å²) in [4.78, 5) is 45.8. The van der Waals surface area contributed by atoms with E-state index < -0.39 is 11.6 Å². The van der Waals surface area contributed by atoms with Crippen LogP contribution >= 0.6 is 0 Å². The summed E-state index contributed by atoms with van der Waals surface area (Å²) in [5.74, 6) is -1.14. The van der Waals surface area contributed by atoms with Crippen molar-refractivity contribution in [2.24, 2.45) is 0 Å². The molecule has 0 radical (unpaired) electrons. The summed E-state index contributed by atoms with van der Waals surface area (Å²) in [6, 6.07) is 38.4. The third kappa shape index (κ3) is 5.78. The van der Waals surface area contributed by atoms with Crippen molar-refractivity contribution in [1.29, 1.82) is 0 Å². The predicted molar refractivity (Wildman–Crippen MR) is 200 cm³/mol. The minimum atomic E-state index is -0.582. The molecule has 0 saturated carbocycles. The number of hydrogen-bond donors (Lipinski definition) is 0. The Bertz CT molecular complexity index is 2630. The predicted octanol–water partition coefficient (Wildman–Crippen LogP) is 9.00. The van der Waals surface area contributed by atoms with Crippen LogP contribution in [-0.2, 0) is 29.1 Å². The van der Waals surface area contributed by atoms with Crippen LogP contribution in [0.4, 0.5) is 0 Å². The average molecular weight is 708 g/mol. The van der Waals surface area contributed by atoms with Crippen molar-refractivity contribution in [1.82, 2.24) is 19.9 Å². The van der Waals surface area contributed by atoms with E-state index in [0.29, 0.717) is 22.3 Å². The molecule has 0 amide bonds. The minimum absolute atomic E-state index is 0. The first-order valence-electron chi connectivity index (χ1n) is 16.3. The summed E-state index contributed by atoms with van der Waals surface area (Å²) >= 11 is 0. The van der Waals surface area contributed by atoms with Crippen molar-refractivity contribution < 1.29 is 29.1 Å². The maximum absolute atomic E-state index is 12.7. The van der Waals surface area contributed by atoms with Gasteiger partial charge < -0.3 is 9.97 Å². The van der Waals surface area contributed by atoms with Crippen molar-refractivity contribution in [2.45, 2.75) is 0 Å². The van der Waals surface area contributed by atoms with Gasteiger partial charge in [-0.2, -0.15) is 0 Å². The Kier molecular flexibility index (Phi) is 8.27. The second kappa shape index (κ2) is 13.2. The van der Waals surface area contributed by atoms with Crippen LogP contribution < -0.4 is 9.97 Å². The van der Waals surface area contributed by atoms with Gasteiger partial charge in [0.25, 0.3) is 0 Å². The van der Waals surface area contributed by atoms with E-state index in [1.807, 2.05) is 103 Å². The molecule has 1 aliphatic carbocycles. The number of hydrogen-bond acceptors (Lipinski definition) is 4. The number of nitrogens with zero attached hydrogens (tertiary/aromatic N) is 4. The van der Waals surface area contributed by atoms with Gasteiger partial charge in [0.15, 0.2) is 0 Å². The van der Waals surface area contributed by atoms with Gasteiger partial charge >= 0.3 is 19.5 Å². The largest absolute Gasteiger partial charge is 2.00 e. The van der Waals surface area contributed by atoms with E-state index in [1.54, 1.807) is 6.08 Å². The Morgan fingerprint density at radius 2 is 0.725 bits per heavy atom. The fraction of sp³-hybridized carbons (Fsp3) is 0. The molecule has 6 nitrogen and oxygen atoms in total. The van der Waals surface area contributed by atoms with Crippen LogP contribution in [0.15, 0.2) is 133 Å². The van der Waals surface area contributed by atoms with E-state index in [4.69, 9.17) is 19.9 Å². The topological polar surface area (TPSA) is 88.1 Å². The zero-order chi connectivity index (χ0) is 33.6. The van der Waals surface area contributed by atoms with E-state index in [1.165, 1.54) is 12.2 Å². The number of carbonyl (C=O) groups excluding carboxylic acids is 2. The second-order valence-corrected chi connectivity index (χ2v) is 12.1. The molecule has 3 aromatic carbocycles. The summed E-state index contributed by atoms with van der Waals surface area (Å²) < 4.78 is 0. The molecular weight excluding hydrogens is 682 g/mol. The molecule has 8 bridgehead atoms. The summed E-state index contributed by atoms with van der Waals surface area (Å²) in [6.45, 7) is 0. The van der Waals surface area contributed by atoms with Crippen LogP contribution in [0.5, 0.6) is 0 Å². The van der Waals surface area contributed by atoms with Crippen LogP contribution in [0, 0.1) is 0 Å². The van der Waals surface area contributed by atoms with Gasteiger partial charge in [0.2, 0.25) is 11.6 Å². The Balaban J connectivity index is 0.00000374. The molecule has 0 saturated heterocycles. The van der Waals surface area contributed by atoms with Gasteiger partial charge in [-0.3, -0.25) is 9.59 Å². The van der Waals surface area contributed by atoms with Gasteiger partial charge in [-0.1, -0.05) is 121 Å². The van der Waals surface area contributed by atoms with Gasteiger partial charge in [-0.05, 0) is 81.0 Å². The summed E-state index contributed by atoms with van der Waals surface area (Å²) in [6.07, 6.45) is 12.3. The average Bonchev–Trinajstić information content (AvgIpc) is 3.99. The van der Waals surface area contributed by atoms with Crippen LogP contribution in [0.25, 0.3) is 85.3 Å². The van der Waals surface area contributed by atoms with Crippen molar-refractivity contribution >= 4 is 63.5 Å². The number of aromatic nitrogens is 4. The smallest absolute Gasteiger partial charge is 0.657 e. The van der Waals surface area contributed by atoms with Crippen molar-refractivity contribution in [3.8, 4) is 33.4 Å². The van der Waals surface area contributed by atoms with Gasteiger partial charge in [-0.25, -0.2) is 9.97 Å². The van der Waals surface area contributed by atoms with E-state index in [0.717, 1.165) is 67.0 Å². The summed E-state index contributed by atoms with van der Waals surface area (Å²) in [7, 11) is 0. The first kappa shape index (κ1) is 31.9. The molecular formula is C44H26N4O2Zn. The van der Waals surface area contributed by atoms with Crippen LogP contribution in [0.2, 0.25) is 0 Å². The summed E-state index contributed by atoms with van der Waals surface area (Å²) in [5.41, 5.74) is 12.7. The molecule has 0 unspecified atom stereocenters. The number of rotatable bonds is 4. The maximum Gasteiger partial charge on any atom is 2.00 e. The van der Waals surface area contributed by atoms with Crippen LogP contribution in [0.1, 0.15) is 28.3 Å². The standard InChI is InChI=1S/C44H28N4O2.Zn/c49-39-25-16-30(26-40(39)50)44-37-23-21-35(47-37)42(28-12-6-2-7-13-28)33-19-17-31(45-33)41(27-10-4-1-5-11-27)32-18-20-34(46-32)43(29-14-8-3-9-15-29)36-22-24-38(44)48-36;/h1-26H,(H2,45,46,47,48,49,50);/q;+2/p-2. The third-order valence-corrected chi connectivity index (χ3v) is 9.03. The maximum atomic E-state index is 12.7. The van der Waals surface area contributed by atoms with Crippen molar-refractivity contribution in [3.05, 3.63) is 162 Å². The molecule has 6 aromatic rings. The minimum Gasteiger partial charge on any atom is -0.657 e. The van der Waals surface area contributed by atoms with Crippen molar-refractivity contribution in [3.63, 3.8) is 0 Å². The van der Waals surface area contributed by atoms with Gasteiger partial charge in [0, 0.05) is 0 Å². The first-order valence-corrected chi connectivity index (χ1v) is 16.3. The number of carbonyl (C=O) groups is 2. The molecule has 5 heterocycles. The molecule has 3 aromatic heterocycles. The van der Waals surface area contributed by atoms with Crippen LogP contribution in [-0.4, -0.2) is 21.5 Å². The fourth-order valence-electron chi connectivity index (χ4n) is 6.75. The number of benzene rings is 3. The molecule has 7 heteroatoms. The SMILES string of the molecule is O=C1C=CC(c2c3nc(c(-c4ccccc4)c4ccc([n-]4)c(-c4ccccc4)c4nc(c(-c5ccccc5)c5ccc2[n-]5)C=C4)C=C3)=CC1=O.[Zn+2]. The molecule has 51 heavy (non-hydrogen) atoms. The second-order valence-electron chi connectivity index (χ2n) is 12.1. The molecule has 0 fully saturated rings. The Labute approximate surface area is 306 Å². The van der Waals surface area contributed by atoms with Crippen LogP contribution in [0.3, 0.4) is 0 Å². The van der Waals surface area contributed by atoms with E-state index in [9.17, 15) is 9.59 Å². The zero-order valence-electron chi connectivity index (χ0n) is 27.3. The first-order chi connectivity index (χ1) is 24.6. The fourth-order valence-corrected chi connectivity index (χ4v) is 6.75. The van der Waals surface area contributed by atoms with Gasteiger partial charge in [-0.15, -0.1) is 22.1 Å².